The van der Waals surface area contributed by atoms with Crippen LogP contribution >= 0.6 is 11.6 Å². The van der Waals surface area contributed by atoms with Crippen LogP contribution in [0.3, 0.4) is 0 Å². The van der Waals surface area contributed by atoms with E-state index >= 15 is 0 Å². The number of aryl methyl sites for hydroxylation is 1. The minimum absolute atomic E-state index is 0.343. The number of hydrogen-bond donors (Lipinski definition) is 2. The zero-order valence-electron chi connectivity index (χ0n) is 13.5. The minimum Gasteiger partial charge on any atom is -0.467 e. The van der Waals surface area contributed by atoms with E-state index in [0.29, 0.717) is 17.1 Å². The predicted octanol–water partition coefficient (Wildman–Crippen LogP) is 3.55. The Balaban J connectivity index is 2.07. The van der Waals surface area contributed by atoms with E-state index < -0.39 is 18.0 Å². The number of nitrogens with one attached hydrogen (secondary N) is 2. The van der Waals surface area contributed by atoms with Crippen LogP contribution in [0.15, 0.2) is 48.5 Å². The summed E-state index contributed by atoms with van der Waals surface area (Å²) < 4.78 is 4.78. The Kier molecular flexibility index (Phi) is 6.21. The second kappa shape index (κ2) is 8.36. The van der Waals surface area contributed by atoms with Crippen LogP contribution in [0.2, 0.25) is 5.02 Å². The fourth-order valence-electron chi connectivity index (χ4n) is 2.23. The molecule has 0 aliphatic heterocycles. The van der Waals surface area contributed by atoms with E-state index in [1.54, 1.807) is 18.2 Å². The van der Waals surface area contributed by atoms with Crippen molar-refractivity contribution in [3.8, 4) is 0 Å². The van der Waals surface area contributed by atoms with Crippen LogP contribution in [0.1, 0.15) is 11.1 Å². The molecule has 0 radical (unpaired) electrons. The average Bonchev–Trinajstić information content (AvgIpc) is 2.57. The summed E-state index contributed by atoms with van der Waals surface area (Å²) in [4.78, 5) is 24.2. The Hall–Kier alpha value is -2.53. The molecule has 0 aliphatic rings. The summed E-state index contributed by atoms with van der Waals surface area (Å²) in [6, 6.07) is 13.3. The van der Waals surface area contributed by atoms with Gasteiger partial charge in [0.1, 0.15) is 6.04 Å². The third kappa shape index (κ3) is 4.99. The Labute approximate surface area is 146 Å². The van der Waals surface area contributed by atoms with Gasteiger partial charge in [0.15, 0.2) is 0 Å². The molecule has 0 saturated heterocycles. The number of carbonyl (C=O) groups is 2. The van der Waals surface area contributed by atoms with Gasteiger partial charge in [-0.1, -0.05) is 48.0 Å². The fraction of sp³-hybridized carbons (Fsp3) is 0.222. The van der Waals surface area contributed by atoms with Crippen LogP contribution in [0.25, 0.3) is 0 Å². The van der Waals surface area contributed by atoms with Gasteiger partial charge in [0.2, 0.25) is 0 Å². The topological polar surface area (TPSA) is 67.4 Å². The zero-order valence-corrected chi connectivity index (χ0v) is 14.3. The molecule has 0 bridgehead atoms. The van der Waals surface area contributed by atoms with Crippen LogP contribution in [-0.2, 0) is 16.0 Å². The van der Waals surface area contributed by atoms with Gasteiger partial charge in [0, 0.05) is 17.1 Å². The smallest absolute Gasteiger partial charge is 0.328 e. The van der Waals surface area contributed by atoms with Gasteiger partial charge in [-0.2, -0.15) is 0 Å². The van der Waals surface area contributed by atoms with Gasteiger partial charge in [-0.3, -0.25) is 0 Å². The van der Waals surface area contributed by atoms with E-state index in [1.165, 1.54) is 7.11 Å². The normalized spacial score (nSPS) is 11.5. The Morgan fingerprint density at radius 1 is 1.17 bits per heavy atom. The number of methoxy groups -OCH3 is 1. The molecule has 2 aromatic rings. The Morgan fingerprint density at radius 2 is 1.88 bits per heavy atom. The van der Waals surface area contributed by atoms with Gasteiger partial charge in [0.05, 0.1) is 7.11 Å². The molecule has 2 amide bonds. The highest BCUT2D eigenvalue weighted by atomic mass is 35.5. The molecular weight excluding hydrogens is 328 g/mol. The van der Waals surface area contributed by atoms with Crippen LogP contribution in [0.4, 0.5) is 10.5 Å². The lowest BCUT2D eigenvalue weighted by atomic mass is 10.1. The van der Waals surface area contributed by atoms with Gasteiger partial charge in [-0.25, -0.2) is 9.59 Å². The van der Waals surface area contributed by atoms with Crippen LogP contribution in [-0.4, -0.2) is 25.2 Å². The van der Waals surface area contributed by atoms with Gasteiger partial charge in [-0.15, -0.1) is 0 Å². The first-order valence-corrected chi connectivity index (χ1v) is 7.83. The van der Waals surface area contributed by atoms with Crippen LogP contribution in [0, 0.1) is 6.92 Å². The van der Waals surface area contributed by atoms with Crippen molar-refractivity contribution in [1.82, 2.24) is 5.32 Å². The van der Waals surface area contributed by atoms with E-state index in [0.717, 1.165) is 11.1 Å². The van der Waals surface area contributed by atoms with Crippen molar-refractivity contribution in [2.75, 3.05) is 12.4 Å². The Morgan fingerprint density at radius 3 is 2.54 bits per heavy atom. The first-order chi connectivity index (χ1) is 11.5. The molecule has 126 valence electrons. The van der Waals surface area contributed by atoms with Gasteiger partial charge in [-0.05, 0) is 30.2 Å². The third-order valence-electron chi connectivity index (χ3n) is 3.52. The molecule has 2 aromatic carbocycles. The highest BCUT2D eigenvalue weighted by molar-refractivity contribution is 6.31. The van der Waals surface area contributed by atoms with Crippen molar-refractivity contribution in [2.45, 2.75) is 19.4 Å². The zero-order chi connectivity index (χ0) is 17.5. The highest BCUT2D eigenvalue weighted by Crippen LogP contribution is 2.20. The summed E-state index contributed by atoms with van der Waals surface area (Å²) in [6.07, 6.45) is 0.343. The molecule has 0 saturated carbocycles. The molecule has 0 fully saturated rings. The Bertz CT molecular complexity index is 719. The third-order valence-corrected chi connectivity index (χ3v) is 3.76. The number of rotatable bonds is 5. The lowest BCUT2D eigenvalue weighted by Crippen LogP contribution is -2.45. The molecule has 1 atom stereocenters. The number of amides is 2. The number of esters is 1. The molecule has 2 rings (SSSR count). The van der Waals surface area contributed by atoms with Gasteiger partial charge in [0.25, 0.3) is 0 Å². The molecule has 5 nitrogen and oxygen atoms in total. The first kappa shape index (κ1) is 17.8. The SMILES string of the molecule is COC(=O)C(Cc1ccccc1)NC(=O)Nc1cc(Cl)ccc1C. The maximum atomic E-state index is 12.2. The number of hydrogen-bond acceptors (Lipinski definition) is 3. The van der Waals surface area contributed by atoms with Gasteiger partial charge >= 0.3 is 12.0 Å². The maximum Gasteiger partial charge on any atom is 0.328 e. The molecule has 24 heavy (non-hydrogen) atoms. The second-order valence-corrected chi connectivity index (χ2v) is 5.76. The van der Waals surface area contributed by atoms with E-state index in [4.69, 9.17) is 16.3 Å². The van der Waals surface area contributed by atoms with Gasteiger partial charge < -0.3 is 15.4 Å². The quantitative estimate of drug-likeness (QED) is 0.813. The minimum atomic E-state index is -0.781. The van der Waals surface area contributed by atoms with E-state index in [1.807, 2.05) is 37.3 Å². The summed E-state index contributed by atoms with van der Waals surface area (Å²) in [5, 5.41) is 5.87. The van der Waals surface area contributed by atoms with Crippen molar-refractivity contribution in [2.24, 2.45) is 0 Å². The van der Waals surface area contributed by atoms with E-state index in [-0.39, 0.29) is 0 Å². The standard InChI is InChI=1S/C18H19ClN2O3/c1-12-8-9-14(19)11-15(12)20-18(23)21-16(17(22)24-2)10-13-6-4-3-5-7-13/h3-9,11,16H,10H2,1-2H3,(H2,20,21,23). The largest absolute Gasteiger partial charge is 0.467 e. The average molecular weight is 347 g/mol. The van der Waals surface area contributed by atoms with Crippen LogP contribution in [0.5, 0.6) is 0 Å². The highest BCUT2D eigenvalue weighted by Gasteiger charge is 2.22. The molecular formula is C18H19ClN2O3. The monoisotopic (exact) mass is 346 g/mol. The summed E-state index contributed by atoms with van der Waals surface area (Å²) >= 11 is 5.94. The predicted molar refractivity (Wildman–Crippen MR) is 94.3 cm³/mol. The molecule has 2 N–H and O–H groups in total. The van der Waals surface area contributed by atoms with Crippen molar-refractivity contribution < 1.29 is 14.3 Å². The number of anilines is 1. The lowest BCUT2D eigenvalue weighted by molar-refractivity contribution is -0.142. The lowest BCUT2D eigenvalue weighted by Gasteiger charge is -2.17. The van der Waals surface area contributed by atoms with E-state index in [9.17, 15) is 9.59 Å². The van der Waals surface area contributed by atoms with E-state index in [2.05, 4.69) is 10.6 Å². The summed E-state index contributed by atoms with van der Waals surface area (Å²) in [6.45, 7) is 1.85. The fourth-order valence-corrected chi connectivity index (χ4v) is 2.40. The van der Waals surface area contributed by atoms with Crippen LogP contribution < -0.4 is 10.6 Å². The van der Waals surface area contributed by atoms with Crippen molar-refractivity contribution in [3.05, 3.63) is 64.7 Å². The number of ether oxygens (including phenoxy) is 1. The summed E-state index contributed by atoms with van der Waals surface area (Å²) in [5.74, 6) is -0.503. The molecule has 6 heteroatoms. The number of halogens is 1. The summed E-state index contributed by atoms with van der Waals surface area (Å²) in [7, 11) is 1.29. The number of urea groups is 1. The maximum absolute atomic E-state index is 12.2. The molecule has 0 spiro atoms. The number of carbonyl (C=O) groups excluding carboxylic acids is 2. The molecule has 1 unspecified atom stereocenters. The summed E-state index contributed by atoms with van der Waals surface area (Å²) in [5.41, 5.74) is 2.38. The molecule has 0 aliphatic carbocycles. The molecule has 0 aromatic heterocycles. The molecule has 0 heterocycles. The number of benzene rings is 2. The van der Waals surface area contributed by atoms with Crippen molar-refractivity contribution in [1.29, 1.82) is 0 Å². The second-order valence-electron chi connectivity index (χ2n) is 5.32. The van der Waals surface area contributed by atoms with Crippen molar-refractivity contribution in [3.63, 3.8) is 0 Å². The first-order valence-electron chi connectivity index (χ1n) is 7.45. The van der Waals surface area contributed by atoms with Crippen molar-refractivity contribution >= 4 is 29.3 Å².